The molecule has 0 bridgehead atoms. The molecule has 0 saturated heterocycles. The first-order valence-electron chi connectivity index (χ1n) is 9.03. The maximum atomic E-state index is 12.7. The lowest BCUT2D eigenvalue weighted by atomic mass is 9.92. The number of amides is 1. The lowest BCUT2D eigenvalue weighted by Crippen LogP contribution is -2.53. The summed E-state index contributed by atoms with van der Waals surface area (Å²) in [6, 6.07) is 20.2. The smallest absolute Gasteiger partial charge is 0.250 e. The van der Waals surface area contributed by atoms with Crippen LogP contribution in [0.25, 0.3) is 10.8 Å². The van der Waals surface area contributed by atoms with Crippen molar-refractivity contribution >= 4 is 39.6 Å². The molecule has 1 unspecified atom stereocenters. The Morgan fingerprint density at radius 2 is 1.89 bits per heavy atom. The lowest BCUT2D eigenvalue weighted by molar-refractivity contribution is -0.121. The van der Waals surface area contributed by atoms with E-state index in [1.54, 1.807) is 0 Å². The fourth-order valence-electron chi connectivity index (χ4n) is 3.50. The zero-order chi connectivity index (χ0) is 19.0. The van der Waals surface area contributed by atoms with E-state index in [-0.39, 0.29) is 5.91 Å². The zero-order valence-corrected chi connectivity index (χ0v) is 16.1. The van der Waals surface area contributed by atoms with Gasteiger partial charge >= 0.3 is 0 Å². The number of hydrazine groups is 1. The van der Waals surface area contributed by atoms with Crippen LogP contribution in [0.5, 0.6) is 0 Å². The number of hydrogen-bond donors (Lipinski definition) is 3. The van der Waals surface area contributed by atoms with Gasteiger partial charge in [0.05, 0.1) is 0 Å². The molecule has 0 fully saturated rings. The highest BCUT2D eigenvalue weighted by Gasteiger charge is 2.43. The minimum atomic E-state index is -0.894. The Morgan fingerprint density at radius 3 is 2.70 bits per heavy atom. The Morgan fingerprint density at radius 1 is 1.11 bits per heavy atom. The van der Waals surface area contributed by atoms with Crippen LogP contribution in [0.15, 0.2) is 60.7 Å². The number of carbonyl (C=O) groups is 1. The van der Waals surface area contributed by atoms with Crippen molar-refractivity contribution in [2.45, 2.75) is 25.8 Å². The normalized spacial score (nSPS) is 18.2. The van der Waals surface area contributed by atoms with E-state index in [0.29, 0.717) is 4.99 Å². The standard InChI is InChI=1S/C22H21N3OS/c1-3-14-11-12-19-18(13-14)22(2,21(26)23-19)25-24-20(27)17-10-6-8-15-7-4-5-9-16(15)17/h4-13,25H,3H2,1-2H3,(H,23,26)(H,24,27). The summed E-state index contributed by atoms with van der Waals surface area (Å²) in [6.45, 7) is 3.97. The van der Waals surface area contributed by atoms with Gasteiger partial charge in [-0.2, -0.15) is 0 Å². The van der Waals surface area contributed by atoms with Crippen molar-refractivity contribution in [3.63, 3.8) is 0 Å². The van der Waals surface area contributed by atoms with E-state index >= 15 is 0 Å². The van der Waals surface area contributed by atoms with Crippen LogP contribution in [-0.4, -0.2) is 10.9 Å². The average Bonchev–Trinajstić information content (AvgIpc) is 2.95. The highest BCUT2D eigenvalue weighted by Crippen LogP contribution is 2.36. The van der Waals surface area contributed by atoms with Gasteiger partial charge < -0.3 is 10.7 Å². The molecule has 3 aromatic carbocycles. The van der Waals surface area contributed by atoms with Gasteiger partial charge in [-0.3, -0.25) is 4.79 Å². The van der Waals surface area contributed by atoms with Gasteiger partial charge in [0.1, 0.15) is 10.5 Å². The van der Waals surface area contributed by atoms with Gasteiger partial charge in [0.2, 0.25) is 0 Å². The summed E-state index contributed by atoms with van der Waals surface area (Å²) in [5.41, 5.74) is 9.27. The van der Waals surface area contributed by atoms with Crippen molar-refractivity contribution in [1.29, 1.82) is 0 Å². The fraction of sp³-hybridized carbons (Fsp3) is 0.182. The molecule has 5 heteroatoms. The van der Waals surface area contributed by atoms with E-state index < -0.39 is 5.54 Å². The Labute approximate surface area is 163 Å². The van der Waals surface area contributed by atoms with Crippen LogP contribution in [-0.2, 0) is 16.8 Å². The van der Waals surface area contributed by atoms with Gasteiger partial charge in [-0.25, -0.2) is 5.43 Å². The third-order valence-corrected chi connectivity index (χ3v) is 5.52. The molecule has 1 atom stereocenters. The first-order chi connectivity index (χ1) is 13.0. The van der Waals surface area contributed by atoms with Gasteiger partial charge in [-0.1, -0.05) is 73.7 Å². The molecule has 1 aliphatic heterocycles. The van der Waals surface area contributed by atoms with Crippen LogP contribution in [0.3, 0.4) is 0 Å². The highest BCUT2D eigenvalue weighted by atomic mass is 32.1. The summed E-state index contributed by atoms with van der Waals surface area (Å²) >= 11 is 5.61. The first kappa shape index (κ1) is 17.6. The predicted molar refractivity (Wildman–Crippen MR) is 114 cm³/mol. The SMILES string of the molecule is CCc1ccc2c(c1)C(C)(NNC(=S)c1cccc3ccccc13)C(=O)N2. The second kappa shape index (κ2) is 6.76. The Kier molecular flexibility index (Phi) is 4.42. The minimum absolute atomic E-state index is 0.0982. The van der Waals surface area contributed by atoms with Gasteiger partial charge in [0.15, 0.2) is 0 Å². The van der Waals surface area contributed by atoms with Crippen molar-refractivity contribution < 1.29 is 4.79 Å². The second-order valence-corrected chi connectivity index (χ2v) is 7.33. The Bertz CT molecular complexity index is 1060. The van der Waals surface area contributed by atoms with Crippen molar-refractivity contribution in [3.8, 4) is 0 Å². The van der Waals surface area contributed by atoms with Crippen molar-refractivity contribution in [2.75, 3.05) is 5.32 Å². The van der Waals surface area contributed by atoms with E-state index in [2.05, 4.69) is 41.3 Å². The van der Waals surface area contributed by atoms with Crippen LogP contribution < -0.4 is 16.2 Å². The summed E-state index contributed by atoms with van der Waals surface area (Å²) in [4.78, 5) is 13.2. The number of thiocarbonyl (C=S) groups is 1. The maximum absolute atomic E-state index is 12.7. The Balaban J connectivity index is 1.62. The van der Waals surface area contributed by atoms with Gasteiger partial charge in [-0.05, 0) is 35.7 Å². The predicted octanol–water partition coefficient (Wildman–Crippen LogP) is 4.04. The molecule has 0 radical (unpaired) electrons. The van der Waals surface area contributed by atoms with Gasteiger partial charge in [0, 0.05) is 16.8 Å². The summed E-state index contributed by atoms with van der Waals surface area (Å²) in [5, 5.41) is 5.15. The molecule has 1 heterocycles. The van der Waals surface area contributed by atoms with Crippen LogP contribution in [0.4, 0.5) is 5.69 Å². The second-order valence-electron chi connectivity index (χ2n) is 6.92. The molecular formula is C22H21N3OS. The quantitative estimate of drug-likeness (QED) is 0.476. The van der Waals surface area contributed by atoms with Gasteiger partial charge in [0.25, 0.3) is 5.91 Å². The summed E-state index contributed by atoms with van der Waals surface area (Å²) < 4.78 is 0. The number of nitrogens with one attached hydrogen (secondary N) is 3. The maximum Gasteiger partial charge on any atom is 0.250 e. The number of anilines is 1. The molecule has 4 nitrogen and oxygen atoms in total. The van der Waals surface area contributed by atoms with E-state index in [0.717, 1.165) is 34.0 Å². The number of hydrogen-bond acceptors (Lipinski definition) is 3. The molecule has 0 saturated carbocycles. The summed E-state index contributed by atoms with van der Waals surface area (Å²) in [6.07, 6.45) is 0.916. The molecule has 0 spiro atoms. The third-order valence-electron chi connectivity index (χ3n) is 5.19. The third kappa shape index (κ3) is 2.99. The Hall–Kier alpha value is -2.76. The van der Waals surface area contributed by atoms with Crippen molar-refractivity contribution in [3.05, 3.63) is 77.4 Å². The van der Waals surface area contributed by atoms with Crippen LogP contribution >= 0.6 is 12.2 Å². The number of aryl methyl sites for hydroxylation is 1. The number of benzene rings is 3. The van der Waals surface area contributed by atoms with Crippen molar-refractivity contribution in [1.82, 2.24) is 10.9 Å². The highest BCUT2D eigenvalue weighted by molar-refractivity contribution is 7.80. The molecule has 3 N–H and O–H groups in total. The minimum Gasteiger partial charge on any atom is -0.324 e. The van der Waals surface area contributed by atoms with E-state index in [1.165, 1.54) is 5.56 Å². The topological polar surface area (TPSA) is 53.2 Å². The zero-order valence-electron chi connectivity index (χ0n) is 15.3. The summed E-state index contributed by atoms with van der Waals surface area (Å²) in [5.74, 6) is -0.0982. The molecule has 0 aliphatic carbocycles. The molecule has 4 rings (SSSR count). The summed E-state index contributed by atoms with van der Waals surface area (Å²) in [7, 11) is 0. The molecular weight excluding hydrogens is 354 g/mol. The van der Waals surface area contributed by atoms with Gasteiger partial charge in [-0.15, -0.1) is 0 Å². The van der Waals surface area contributed by atoms with E-state index in [9.17, 15) is 4.79 Å². The van der Waals surface area contributed by atoms with Crippen LogP contribution in [0, 0.1) is 0 Å². The molecule has 27 heavy (non-hydrogen) atoms. The number of rotatable bonds is 4. The van der Waals surface area contributed by atoms with Crippen molar-refractivity contribution in [2.24, 2.45) is 0 Å². The molecule has 3 aromatic rings. The fourth-order valence-corrected chi connectivity index (χ4v) is 3.73. The molecule has 136 valence electrons. The molecule has 1 aliphatic rings. The number of fused-ring (bicyclic) bond motifs is 2. The average molecular weight is 375 g/mol. The van der Waals surface area contributed by atoms with E-state index in [4.69, 9.17) is 12.2 Å². The lowest BCUT2D eigenvalue weighted by Gasteiger charge is -2.25. The largest absolute Gasteiger partial charge is 0.324 e. The van der Waals surface area contributed by atoms with E-state index in [1.807, 2.05) is 49.4 Å². The first-order valence-corrected chi connectivity index (χ1v) is 9.44. The molecule has 1 amide bonds. The molecule has 0 aromatic heterocycles. The van der Waals surface area contributed by atoms with Crippen LogP contribution in [0.1, 0.15) is 30.5 Å². The monoisotopic (exact) mass is 375 g/mol. The van der Waals surface area contributed by atoms with Crippen LogP contribution in [0.2, 0.25) is 0 Å². The number of carbonyl (C=O) groups excluding carboxylic acids is 1.